The second kappa shape index (κ2) is 9.29. The average Bonchev–Trinajstić information content (AvgIpc) is 3.35. The van der Waals surface area contributed by atoms with Crippen LogP contribution in [0.5, 0.6) is 0 Å². The van der Waals surface area contributed by atoms with E-state index in [4.69, 9.17) is 9.47 Å². The van der Waals surface area contributed by atoms with E-state index in [-0.39, 0.29) is 12.5 Å². The SMILES string of the molecule is CCOC(=O)C1CCCCN1C(=O)COC(=O)c1sc(-c2ccsc2)nc1C. The van der Waals surface area contributed by atoms with Crippen molar-refractivity contribution < 1.29 is 23.9 Å². The van der Waals surface area contributed by atoms with Gasteiger partial charge in [0, 0.05) is 17.5 Å². The second-order valence-electron chi connectivity index (χ2n) is 6.37. The summed E-state index contributed by atoms with van der Waals surface area (Å²) >= 11 is 2.80. The lowest BCUT2D eigenvalue weighted by molar-refractivity contribution is -0.157. The molecule has 0 spiro atoms. The second-order valence-corrected chi connectivity index (χ2v) is 8.15. The Morgan fingerprint density at radius 1 is 1.29 bits per heavy atom. The molecule has 0 saturated carbocycles. The summed E-state index contributed by atoms with van der Waals surface area (Å²) in [5.41, 5.74) is 1.53. The Balaban J connectivity index is 1.62. The molecule has 0 bridgehead atoms. The summed E-state index contributed by atoms with van der Waals surface area (Å²) in [5, 5.41) is 4.65. The summed E-state index contributed by atoms with van der Waals surface area (Å²) in [7, 11) is 0. The number of thiophene rings is 1. The monoisotopic (exact) mass is 422 g/mol. The molecule has 3 rings (SSSR count). The molecule has 1 amide bonds. The van der Waals surface area contributed by atoms with Crippen LogP contribution in [-0.2, 0) is 19.1 Å². The number of hydrogen-bond donors (Lipinski definition) is 0. The smallest absolute Gasteiger partial charge is 0.350 e. The molecule has 28 heavy (non-hydrogen) atoms. The molecule has 1 atom stereocenters. The van der Waals surface area contributed by atoms with Crippen molar-refractivity contribution in [3.8, 4) is 10.6 Å². The minimum absolute atomic E-state index is 0.267. The van der Waals surface area contributed by atoms with Gasteiger partial charge >= 0.3 is 11.9 Å². The first-order chi connectivity index (χ1) is 13.5. The van der Waals surface area contributed by atoms with Gasteiger partial charge in [-0.15, -0.1) is 11.3 Å². The number of amides is 1. The van der Waals surface area contributed by atoms with Crippen LogP contribution in [0.4, 0.5) is 0 Å². The van der Waals surface area contributed by atoms with Crippen molar-refractivity contribution in [1.82, 2.24) is 9.88 Å². The van der Waals surface area contributed by atoms with Gasteiger partial charge in [-0.2, -0.15) is 11.3 Å². The minimum atomic E-state index is -0.602. The molecule has 0 aromatic carbocycles. The molecule has 0 aliphatic carbocycles. The van der Waals surface area contributed by atoms with Crippen molar-refractivity contribution >= 4 is 40.5 Å². The first-order valence-corrected chi connectivity index (χ1v) is 10.9. The number of aromatic nitrogens is 1. The Morgan fingerprint density at radius 2 is 2.11 bits per heavy atom. The van der Waals surface area contributed by atoms with E-state index in [2.05, 4.69) is 4.98 Å². The number of likely N-dealkylation sites (tertiary alicyclic amines) is 1. The van der Waals surface area contributed by atoms with Gasteiger partial charge in [0.1, 0.15) is 15.9 Å². The van der Waals surface area contributed by atoms with Gasteiger partial charge in [-0.3, -0.25) is 4.79 Å². The minimum Gasteiger partial charge on any atom is -0.464 e. The third-order valence-electron chi connectivity index (χ3n) is 4.46. The van der Waals surface area contributed by atoms with Crippen molar-refractivity contribution in [2.45, 2.75) is 39.2 Å². The standard InChI is InChI=1S/C19H22N2O5S2/c1-3-25-18(23)14-6-4-5-8-21(14)15(22)10-26-19(24)16-12(2)20-17(28-16)13-7-9-27-11-13/h7,9,11,14H,3-6,8,10H2,1-2H3. The molecule has 150 valence electrons. The number of aryl methyl sites for hydroxylation is 1. The summed E-state index contributed by atoms with van der Waals surface area (Å²) in [5.74, 6) is -1.36. The van der Waals surface area contributed by atoms with E-state index in [0.29, 0.717) is 23.5 Å². The highest BCUT2D eigenvalue weighted by Crippen LogP contribution is 2.29. The molecule has 3 heterocycles. The molecule has 0 N–H and O–H groups in total. The van der Waals surface area contributed by atoms with Crippen molar-refractivity contribution in [3.05, 3.63) is 27.4 Å². The molecule has 2 aromatic heterocycles. The molecule has 1 aliphatic heterocycles. The van der Waals surface area contributed by atoms with Gasteiger partial charge in [0.05, 0.1) is 12.3 Å². The number of carbonyl (C=O) groups excluding carboxylic acids is 3. The van der Waals surface area contributed by atoms with Crippen LogP contribution >= 0.6 is 22.7 Å². The van der Waals surface area contributed by atoms with E-state index in [0.717, 1.165) is 23.4 Å². The van der Waals surface area contributed by atoms with Gasteiger partial charge in [0.2, 0.25) is 0 Å². The van der Waals surface area contributed by atoms with E-state index < -0.39 is 24.6 Å². The Hall–Kier alpha value is -2.26. The van der Waals surface area contributed by atoms with Crippen LogP contribution in [0.2, 0.25) is 0 Å². The fourth-order valence-corrected chi connectivity index (χ4v) is 4.76. The molecule has 0 radical (unpaired) electrons. The van der Waals surface area contributed by atoms with Gasteiger partial charge in [-0.25, -0.2) is 14.6 Å². The quantitative estimate of drug-likeness (QED) is 0.664. The molecular formula is C19H22N2O5S2. The van der Waals surface area contributed by atoms with Gasteiger partial charge in [-0.05, 0) is 44.6 Å². The highest BCUT2D eigenvalue weighted by molar-refractivity contribution is 7.17. The summed E-state index contributed by atoms with van der Waals surface area (Å²) in [4.78, 5) is 43.4. The highest BCUT2D eigenvalue weighted by Gasteiger charge is 2.33. The zero-order valence-corrected chi connectivity index (χ0v) is 17.4. The van der Waals surface area contributed by atoms with Crippen LogP contribution in [0, 0.1) is 6.92 Å². The maximum atomic E-state index is 12.6. The molecular weight excluding hydrogens is 400 g/mol. The topological polar surface area (TPSA) is 85.8 Å². The zero-order valence-electron chi connectivity index (χ0n) is 15.8. The lowest BCUT2D eigenvalue weighted by atomic mass is 10.0. The molecule has 1 fully saturated rings. The fourth-order valence-electron chi connectivity index (χ4n) is 3.08. The third-order valence-corrected chi connectivity index (χ3v) is 6.33. The normalized spacial score (nSPS) is 16.6. The summed E-state index contributed by atoms with van der Waals surface area (Å²) < 4.78 is 10.3. The van der Waals surface area contributed by atoms with Crippen molar-refractivity contribution in [1.29, 1.82) is 0 Å². The number of ether oxygens (including phenoxy) is 2. The van der Waals surface area contributed by atoms with Crippen LogP contribution in [0.15, 0.2) is 16.8 Å². The van der Waals surface area contributed by atoms with Crippen LogP contribution in [0.1, 0.15) is 41.6 Å². The van der Waals surface area contributed by atoms with Crippen LogP contribution in [0.3, 0.4) is 0 Å². The van der Waals surface area contributed by atoms with Gasteiger partial charge < -0.3 is 14.4 Å². The maximum absolute atomic E-state index is 12.6. The first kappa shape index (κ1) is 20.5. The fraction of sp³-hybridized carbons (Fsp3) is 0.474. The van der Waals surface area contributed by atoms with Gasteiger partial charge in [-0.1, -0.05) is 0 Å². The summed E-state index contributed by atoms with van der Waals surface area (Å²) in [6.07, 6.45) is 2.24. The Labute approximate surface area is 171 Å². The number of hydrogen-bond acceptors (Lipinski definition) is 8. The number of thiazole rings is 1. The van der Waals surface area contributed by atoms with E-state index in [1.54, 1.807) is 25.2 Å². The third kappa shape index (κ3) is 4.59. The van der Waals surface area contributed by atoms with E-state index in [1.807, 2.05) is 16.8 Å². The number of nitrogens with zero attached hydrogens (tertiary/aromatic N) is 2. The van der Waals surface area contributed by atoms with Crippen molar-refractivity contribution in [2.24, 2.45) is 0 Å². The van der Waals surface area contributed by atoms with Crippen LogP contribution in [0.25, 0.3) is 10.6 Å². The number of piperidine rings is 1. The van der Waals surface area contributed by atoms with Crippen molar-refractivity contribution in [2.75, 3.05) is 19.8 Å². The van der Waals surface area contributed by atoms with Crippen LogP contribution in [-0.4, -0.2) is 53.5 Å². The number of carbonyl (C=O) groups is 3. The lowest BCUT2D eigenvalue weighted by Gasteiger charge is -2.33. The van der Waals surface area contributed by atoms with Crippen molar-refractivity contribution in [3.63, 3.8) is 0 Å². The number of rotatable bonds is 6. The molecule has 1 saturated heterocycles. The maximum Gasteiger partial charge on any atom is 0.350 e. The lowest BCUT2D eigenvalue weighted by Crippen LogP contribution is -2.50. The highest BCUT2D eigenvalue weighted by atomic mass is 32.1. The largest absolute Gasteiger partial charge is 0.464 e. The summed E-state index contributed by atoms with van der Waals surface area (Å²) in [6, 6.07) is 1.34. The van der Waals surface area contributed by atoms with Crippen LogP contribution < -0.4 is 0 Å². The first-order valence-electron chi connectivity index (χ1n) is 9.14. The van der Waals surface area contributed by atoms with E-state index >= 15 is 0 Å². The number of esters is 2. The summed E-state index contributed by atoms with van der Waals surface area (Å²) in [6.45, 7) is 3.80. The Morgan fingerprint density at radius 3 is 2.82 bits per heavy atom. The van der Waals surface area contributed by atoms with Gasteiger partial charge in [0.15, 0.2) is 6.61 Å². The Bertz CT molecular complexity index is 847. The molecule has 9 heteroatoms. The van der Waals surface area contributed by atoms with E-state index in [1.165, 1.54) is 16.2 Å². The predicted octanol–water partition coefficient (Wildman–Crippen LogP) is 3.28. The predicted molar refractivity (Wildman–Crippen MR) is 106 cm³/mol. The molecule has 7 nitrogen and oxygen atoms in total. The van der Waals surface area contributed by atoms with E-state index in [9.17, 15) is 14.4 Å². The average molecular weight is 423 g/mol. The molecule has 1 unspecified atom stereocenters. The molecule has 2 aromatic rings. The molecule has 1 aliphatic rings. The van der Waals surface area contributed by atoms with Gasteiger partial charge in [0.25, 0.3) is 5.91 Å². The Kier molecular flexibility index (Phi) is 6.79. The zero-order chi connectivity index (χ0) is 20.1.